The number of hydrogen-bond acceptors (Lipinski definition) is 5. The zero-order valence-electron chi connectivity index (χ0n) is 19.0. The molecule has 6 nitrogen and oxygen atoms in total. The maximum Gasteiger partial charge on any atom is 0.410 e. The third kappa shape index (κ3) is 9.62. The second-order valence-corrected chi connectivity index (χ2v) is 10.3. The highest BCUT2D eigenvalue weighted by molar-refractivity contribution is 9.10. The lowest BCUT2D eigenvalue weighted by Crippen LogP contribution is -2.35. The minimum Gasteiger partial charge on any atom is -0.460 e. The van der Waals surface area contributed by atoms with Crippen molar-refractivity contribution in [3.63, 3.8) is 0 Å². The zero-order chi connectivity index (χ0) is 23.1. The summed E-state index contributed by atoms with van der Waals surface area (Å²) in [5.74, 6) is -0.626. The summed E-state index contributed by atoms with van der Waals surface area (Å²) < 4.78 is 11.8. The van der Waals surface area contributed by atoms with Gasteiger partial charge in [-0.05, 0) is 78.5 Å². The number of ether oxygens (including phenoxy) is 2. The predicted molar refractivity (Wildman–Crippen MR) is 120 cm³/mol. The summed E-state index contributed by atoms with van der Waals surface area (Å²) in [6.45, 7) is 11.5. The molecule has 1 atom stereocenters. The van der Waals surface area contributed by atoms with Crippen molar-refractivity contribution in [1.29, 1.82) is 5.26 Å². The van der Waals surface area contributed by atoms with E-state index in [2.05, 4.69) is 22.0 Å². The van der Waals surface area contributed by atoms with E-state index in [0.717, 1.165) is 10.0 Å². The van der Waals surface area contributed by atoms with Crippen molar-refractivity contribution in [2.75, 3.05) is 13.6 Å². The quantitative estimate of drug-likeness (QED) is 0.483. The van der Waals surface area contributed by atoms with Gasteiger partial charge in [0.2, 0.25) is 0 Å². The average molecular weight is 481 g/mol. The Balaban J connectivity index is 2.83. The lowest BCUT2D eigenvalue weighted by molar-refractivity contribution is -0.160. The molecule has 7 heteroatoms. The third-order valence-corrected chi connectivity index (χ3v) is 4.88. The van der Waals surface area contributed by atoms with Crippen molar-refractivity contribution < 1.29 is 19.1 Å². The Morgan fingerprint density at radius 2 is 1.73 bits per heavy atom. The molecule has 0 aliphatic rings. The van der Waals surface area contributed by atoms with Gasteiger partial charge in [-0.15, -0.1) is 0 Å². The summed E-state index contributed by atoms with van der Waals surface area (Å²) >= 11 is 3.49. The van der Waals surface area contributed by atoms with E-state index in [4.69, 9.17) is 14.7 Å². The number of hydrogen-bond donors (Lipinski definition) is 0. The molecular weight excluding hydrogens is 448 g/mol. The fourth-order valence-electron chi connectivity index (χ4n) is 2.74. The van der Waals surface area contributed by atoms with E-state index in [-0.39, 0.29) is 18.0 Å². The molecule has 0 fully saturated rings. The topological polar surface area (TPSA) is 79.6 Å². The number of amides is 1. The van der Waals surface area contributed by atoms with Gasteiger partial charge in [-0.1, -0.05) is 22.0 Å². The number of nitrogens with zero attached hydrogens (tertiary/aromatic N) is 2. The zero-order valence-corrected chi connectivity index (χ0v) is 20.6. The van der Waals surface area contributed by atoms with Crippen LogP contribution in [0, 0.1) is 17.2 Å². The first kappa shape index (κ1) is 26.0. The van der Waals surface area contributed by atoms with Crippen LogP contribution in [0.25, 0.3) is 0 Å². The molecule has 0 spiro atoms. The van der Waals surface area contributed by atoms with Crippen molar-refractivity contribution in [1.82, 2.24) is 4.90 Å². The largest absolute Gasteiger partial charge is 0.460 e. The minimum absolute atomic E-state index is 0.265. The summed E-state index contributed by atoms with van der Waals surface area (Å²) in [4.78, 5) is 26.5. The van der Waals surface area contributed by atoms with Gasteiger partial charge in [-0.25, -0.2) is 4.79 Å². The first-order valence-electron chi connectivity index (χ1n) is 10.1. The molecule has 0 saturated heterocycles. The number of esters is 1. The summed E-state index contributed by atoms with van der Waals surface area (Å²) in [5, 5.41) is 9.05. The van der Waals surface area contributed by atoms with Crippen molar-refractivity contribution in [3.8, 4) is 6.07 Å². The summed E-state index contributed by atoms with van der Waals surface area (Å²) in [5.41, 5.74) is 0.361. The van der Waals surface area contributed by atoms with Gasteiger partial charge in [0.05, 0.1) is 17.6 Å². The molecule has 166 valence electrons. The smallest absolute Gasteiger partial charge is 0.410 e. The Labute approximate surface area is 188 Å². The monoisotopic (exact) mass is 480 g/mol. The van der Waals surface area contributed by atoms with E-state index in [1.807, 2.05) is 47.6 Å². The summed E-state index contributed by atoms with van der Waals surface area (Å²) in [6, 6.07) is 7.44. The molecule has 1 unspecified atom stereocenters. The molecule has 1 aromatic rings. The minimum atomic E-state index is -0.579. The molecule has 0 aromatic heterocycles. The average Bonchev–Trinajstić information content (AvgIpc) is 2.58. The van der Waals surface area contributed by atoms with E-state index in [1.54, 1.807) is 19.2 Å². The van der Waals surface area contributed by atoms with Gasteiger partial charge in [0, 0.05) is 18.1 Å². The fraction of sp³-hybridized carbons (Fsp3) is 0.609. The van der Waals surface area contributed by atoms with Crippen molar-refractivity contribution in [2.24, 2.45) is 5.92 Å². The maximum absolute atomic E-state index is 12.8. The number of halogens is 1. The standard InChI is InChI=1S/C23H33BrN2O4/c1-22(2,3)29-20(27)18(14-17-11-10-16(15-25)13-19(17)24)9-8-12-26(7)21(28)30-23(4,5)6/h10-11,13,18H,8-9,12,14H2,1-7H3. The Hall–Kier alpha value is -2.07. The molecular formula is C23H33BrN2O4. The summed E-state index contributed by atoms with van der Waals surface area (Å²) in [6.07, 6.45) is 1.30. The van der Waals surface area contributed by atoms with E-state index in [0.29, 0.717) is 31.4 Å². The van der Waals surface area contributed by atoms with Gasteiger partial charge in [0.15, 0.2) is 0 Å². The third-order valence-electron chi connectivity index (χ3n) is 4.14. The normalized spacial score (nSPS) is 12.6. The molecule has 0 heterocycles. The van der Waals surface area contributed by atoms with Crippen LogP contribution in [-0.4, -0.2) is 41.8 Å². The molecule has 0 aliphatic carbocycles. The molecule has 0 bridgehead atoms. The Bertz CT molecular complexity index is 788. The lowest BCUT2D eigenvalue weighted by atomic mass is 9.94. The van der Waals surface area contributed by atoms with Crippen LogP contribution in [-0.2, 0) is 20.7 Å². The second kappa shape index (κ2) is 10.8. The molecule has 0 aliphatic heterocycles. The number of carbonyl (C=O) groups is 2. The first-order valence-corrected chi connectivity index (χ1v) is 10.9. The highest BCUT2D eigenvalue weighted by atomic mass is 79.9. The highest BCUT2D eigenvalue weighted by Gasteiger charge is 2.27. The van der Waals surface area contributed by atoms with Crippen molar-refractivity contribution in [2.45, 2.75) is 72.0 Å². The molecule has 0 radical (unpaired) electrons. The van der Waals surface area contributed by atoms with E-state index >= 15 is 0 Å². The van der Waals surface area contributed by atoms with Gasteiger partial charge >= 0.3 is 12.1 Å². The molecule has 1 rings (SSSR count). The van der Waals surface area contributed by atoms with Gasteiger partial charge in [0.25, 0.3) is 0 Å². The molecule has 1 amide bonds. The van der Waals surface area contributed by atoms with Crippen LogP contribution in [0.2, 0.25) is 0 Å². The molecule has 0 saturated carbocycles. The maximum atomic E-state index is 12.8. The van der Waals surface area contributed by atoms with Crippen molar-refractivity contribution >= 4 is 28.0 Å². The van der Waals surface area contributed by atoms with E-state index in [9.17, 15) is 9.59 Å². The number of carbonyl (C=O) groups excluding carboxylic acids is 2. The van der Waals surface area contributed by atoms with Gasteiger partial charge in [-0.2, -0.15) is 5.26 Å². The van der Waals surface area contributed by atoms with Gasteiger partial charge < -0.3 is 14.4 Å². The number of benzene rings is 1. The van der Waals surface area contributed by atoms with Crippen LogP contribution in [0.15, 0.2) is 22.7 Å². The van der Waals surface area contributed by atoms with Crippen LogP contribution in [0.3, 0.4) is 0 Å². The van der Waals surface area contributed by atoms with Crippen LogP contribution in [0.5, 0.6) is 0 Å². The van der Waals surface area contributed by atoms with Crippen LogP contribution < -0.4 is 0 Å². The lowest BCUT2D eigenvalue weighted by Gasteiger charge is -2.26. The van der Waals surface area contributed by atoms with Gasteiger partial charge in [0.1, 0.15) is 11.2 Å². The van der Waals surface area contributed by atoms with Gasteiger partial charge in [-0.3, -0.25) is 4.79 Å². The molecule has 30 heavy (non-hydrogen) atoms. The summed E-state index contributed by atoms with van der Waals surface area (Å²) in [7, 11) is 1.69. The van der Waals surface area contributed by atoms with Crippen LogP contribution in [0.4, 0.5) is 4.79 Å². The Kier molecular flexibility index (Phi) is 9.35. The first-order chi connectivity index (χ1) is 13.7. The van der Waals surface area contributed by atoms with E-state index in [1.165, 1.54) is 4.90 Å². The number of nitriles is 1. The van der Waals surface area contributed by atoms with Crippen molar-refractivity contribution in [3.05, 3.63) is 33.8 Å². The SMILES string of the molecule is CN(CCCC(Cc1ccc(C#N)cc1Br)C(=O)OC(C)(C)C)C(=O)OC(C)(C)C. The molecule has 0 N–H and O–H groups in total. The Morgan fingerprint density at radius 3 is 2.23 bits per heavy atom. The second-order valence-electron chi connectivity index (χ2n) is 9.40. The fourth-order valence-corrected chi connectivity index (χ4v) is 3.28. The predicted octanol–water partition coefficient (Wildman–Crippen LogP) is 5.47. The number of rotatable bonds is 7. The van der Waals surface area contributed by atoms with Crippen LogP contribution in [0.1, 0.15) is 65.5 Å². The molecule has 1 aromatic carbocycles. The highest BCUT2D eigenvalue weighted by Crippen LogP contribution is 2.25. The van der Waals surface area contributed by atoms with Crippen LogP contribution >= 0.6 is 15.9 Å². The Morgan fingerprint density at radius 1 is 1.13 bits per heavy atom. The van der Waals surface area contributed by atoms with E-state index < -0.39 is 11.2 Å².